The SMILES string of the molecule is CCN(CC)c1nc(Cl)nc(Nc2ccc(Nc3ccccc3)cc2)n1. The molecule has 2 N–H and O–H groups in total. The van der Waals surface area contributed by atoms with Crippen LogP contribution in [0.2, 0.25) is 5.28 Å². The van der Waals surface area contributed by atoms with Gasteiger partial charge in [0.15, 0.2) is 0 Å². The molecule has 134 valence electrons. The standard InChI is InChI=1S/C19H21ClN6/c1-3-26(4-2)19-24-17(20)23-18(25-19)22-16-12-10-15(11-13-16)21-14-8-6-5-7-9-14/h5-13,21H,3-4H2,1-2H3,(H,22,23,24,25). The molecule has 3 rings (SSSR count). The van der Waals surface area contributed by atoms with E-state index >= 15 is 0 Å². The molecule has 0 aliphatic heterocycles. The summed E-state index contributed by atoms with van der Waals surface area (Å²) < 4.78 is 0. The van der Waals surface area contributed by atoms with E-state index in [-0.39, 0.29) is 5.28 Å². The van der Waals surface area contributed by atoms with Crippen molar-refractivity contribution in [3.8, 4) is 0 Å². The summed E-state index contributed by atoms with van der Waals surface area (Å²) in [7, 11) is 0. The lowest BCUT2D eigenvalue weighted by atomic mass is 10.2. The van der Waals surface area contributed by atoms with Crippen molar-refractivity contribution >= 4 is 40.6 Å². The Hall–Kier alpha value is -2.86. The molecule has 7 heteroatoms. The third kappa shape index (κ3) is 4.61. The molecule has 1 aromatic heterocycles. The van der Waals surface area contributed by atoms with Crippen molar-refractivity contribution in [1.82, 2.24) is 15.0 Å². The lowest BCUT2D eigenvalue weighted by Crippen LogP contribution is -2.24. The summed E-state index contributed by atoms with van der Waals surface area (Å²) in [5, 5.41) is 6.70. The number of benzene rings is 2. The maximum absolute atomic E-state index is 6.05. The summed E-state index contributed by atoms with van der Waals surface area (Å²) in [5.74, 6) is 0.996. The molecule has 0 bridgehead atoms. The van der Waals surface area contributed by atoms with E-state index in [9.17, 15) is 0 Å². The van der Waals surface area contributed by atoms with Crippen LogP contribution < -0.4 is 15.5 Å². The average Bonchev–Trinajstić information content (AvgIpc) is 2.65. The van der Waals surface area contributed by atoms with Gasteiger partial charge in [-0.2, -0.15) is 15.0 Å². The van der Waals surface area contributed by atoms with E-state index in [4.69, 9.17) is 11.6 Å². The topological polar surface area (TPSA) is 66.0 Å². The van der Waals surface area contributed by atoms with Crippen LogP contribution in [-0.2, 0) is 0 Å². The molecule has 0 fully saturated rings. The molecule has 6 nitrogen and oxygen atoms in total. The van der Waals surface area contributed by atoms with E-state index in [1.807, 2.05) is 73.3 Å². The highest BCUT2D eigenvalue weighted by atomic mass is 35.5. The fourth-order valence-corrected chi connectivity index (χ4v) is 2.65. The zero-order valence-corrected chi connectivity index (χ0v) is 15.5. The highest BCUT2D eigenvalue weighted by molar-refractivity contribution is 6.28. The molecule has 1 heterocycles. The molecule has 0 saturated heterocycles. The number of hydrogen-bond donors (Lipinski definition) is 2. The Labute approximate surface area is 158 Å². The van der Waals surface area contributed by atoms with Gasteiger partial charge in [0.1, 0.15) is 0 Å². The van der Waals surface area contributed by atoms with Crippen molar-refractivity contribution in [1.29, 1.82) is 0 Å². The molecular weight excluding hydrogens is 348 g/mol. The Balaban J connectivity index is 1.73. The fraction of sp³-hybridized carbons (Fsp3) is 0.211. The Morgan fingerprint density at radius 2 is 1.35 bits per heavy atom. The number of nitrogens with one attached hydrogen (secondary N) is 2. The van der Waals surface area contributed by atoms with Crippen LogP contribution in [0.1, 0.15) is 13.8 Å². The summed E-state index contributed by atoms with van der Waals surface area (Å²) in [6, 6.07) is 17.9. The molecule has 0 radical (unpaired) electrons. The highest BCUT2D eigenvalue weighted by Crippen LogP contribution is 2.21. The quantitative estimate of drug-likeness (QED) is 0.621. The van der Waals surface area contributed by atoms with Gasteiger partial charge in [0.2, 0.25) is 17.2 Å². The average molecular weight is 369 g/mol. The summed E-state index contributed by atoms with van der Waals surface area (Å²) in [5.41, 5.74) is 2.91. The summed E-state index contributed by atoms with van der Waals surface area (Å²) >= 11 is 6.05. The Kier molecular flexibility index (Phi) is 5.86. The van der Waals surface area contributed by atoms with Crippen molar-refractivity contribution < 1.29 is 0 Å². The molecule has 0 aliphatic rings. The third-order valence-corrected chi connectivity index (χ3v) is 4.02. The first kappa shape index (κ1) is 17.9. The second-order valence-corrected chi connectivity index (χ2v) is 5.93. The van der Waals surface area contributed by atoms with E-state index in [0.29, 0.717) is 11.9 Å². The van der Waals surface area contributed by atoms with Crippen LogP contribution in [0.5, 0.6) is 0 Å². The highest BCUT2D eigenvalue weighted by Gasteiger charge is 2.10. The van der Waals surface area contributed by atoms with Crippen molar-refractivity contribution in [3.05, 3.63) is 59.9 Å². The largest absolute Gasteiger partial charge is 0.356 e. The minimum Gasteiger partial charge on any atom is -0.356 e. The van der Waals surface area contributed by atoms with E-state index in [0.717, 1.165) is 30.2 Å². The van der Waals surface area contributed by atoms with Crippen molar-refractivity contribution in [2.75, 3.05) is 28.6 Å². The van der Waals surface area contributed by atoms with Gasteiger partial charge in [-0.15, -0.1) is 0 Å². The van der Waals surface area contributed by atoms with Crippen LogP contribution in [0.3, 0.4) is 0 Å². The summed E-state index contributed by atoms with van der Waals surface area (Å²) in [4.78, 5) is 14.8. The predicted octanol–water partition coefficient (Wildman–Crippen LogP) is 4.86. The number of halogens is 1. The van der Waals surface area contributed by atoms with Gasteiger partial charge in [-0.3, -0.25) is 0 Å². The lowest BCUT2D eigenvalue weighted by Gasteiger charge is -2.18. The maximum atomic E-state index is 6.05. The van der Waals surface area contributed by atoms with Gasteiger partial charge < -0.3 is 15.5 Å². The van der Waals surface area contributed by atoms with Crippen LogP contribution in [-0.4, -0.2) is 28.0 Å². The maximum Gasteiger partial charge on any atom is 0.233 e. The number of para-hydroxylation sites is 1. The molecular formula is C19H21ClN6. The third-order valence-electron chi connectivity index (χ3n) is 3.85. The van der Waals surface area contributed by atoms with Crippen LogP contribution in [0.25, 0.3) is 0 Å². The number of nitrogens with zero attached hydrogens (tertiary/aromatic N) is 4. The molecule has 0 saturated carbocycles. The van der Waals surface area contributed by atoms with Crippen LogP contribution in [0.4, 0.5) is 29.0 Å². The van der Waals surface area contributed by atoms with Crippen LogP contribution >= 0.6 is 11.6 Å². The van der Waals surface area contributed by atoms with Crippen molar-refractivity contribution in [2.24, 2.45) is 0 Å². The zero-order chi connectivity index (χ0) is 18.4. The molecule has 3 aromatic rings. The van der Waals surface area contributed by atoms with E-state index in [2.05, 4.69) is 25.6 Å². The first-order valence-electron chi connectivity index (χ1n) is 8.53. The first-order chi connectivity index (χ1) is 12.7. The van der Waals surface area contributed by atoms with E-state index < -0.39 is 0 Å². The molecule has 0 unspecified atom stereocenters. The minimum atomic E-state index is 0.173. The zero-order valence-electron chi connectivity index (χ0n) is 14.8. The number of hydrogen-bond acceptors (Lipinski definition) is 6. The van der Waals surface area contributed by atoms with Gasteiger partial charge in [-0.25, -0.2) is 0 Å². The van der Waals surface area contributed by atoms with Crippen LogP contribution in [0.15, 0.2) is 54.6 Å². The monoisotopic (exact) mass is 368 g/mol. The number of rotatable bonds is 7. The summed E-state index contributed by atoms with van der Waals surface area (Å²) in [6.45, 7) is 5.70. The van der Waals surface area contributed by atoms with Crippen molar-refractivity contribution in [3.63, 3.8) is 0 Å². The molecule has 0 aliphatic carbocycles. The molecule has 0 amide bonds. The number of anilines is 5. The van der Waals surface area contributed by atoms with Gasteiger partial charge in [0, 0.05) is 30.2 Å². The van der Waals surface area contributed by atoms with Gasteiger partial charge in [0.25, 0.3) is 0 Å². The second-order valence-electron chi connectivity index (χ2n) is 5.59. The van der Waals surface area contributed by atoms with E-state index in [1.165, 1.54) is 0 Å². The first-order valence-corrected chi connectivity index (χ1v) is 8.91. The normalized spacial score (nSPS) is 10.4. The number of aromatic nitrogens is 3. The lowest BCUT2D eigenvalue weighted by molar-refractivity contribution is 0.814. The van der Waals surface area contributed by atoms with Crippen molar-refractivity contribution in [2.45, 2.75) is 13.8 Å². The Morgan fingerprint density at radius 3 is 1.96 bits per heavy atom. The summed E-state index contributed by atoms with van der Waals surface area (Å²) in [6.07, 6.45) is 0. The Bertz CT molecular complexity index is 834. The Morgan fingerprint density at radius 1 is 0.769 bits per heavy atom. The molecule has 0 spiro atoms. The van der Waals surface area contributed by atoms with E-state index in [1.54, 1.807) is 0 Å². The minimum absolute atomic E-state index is 0.173. The molecule has 0 atom stereocenters. The van der Waals surface area contributed by atoms with Gasteiger partial charge in [-0.05, 0) is 61.8 Å². The molecule has 26 heavy (non-hydrogen) atoms. The van der Waals surface area contributed by atoms with Gasteiger partial charge >= 0.3 is 0 Å². The van der Waals surface area contributed by atoms with Gasteiger partial charge in [-0.1, -0.05) is 18.2 Å². The molecule has 2 aromatic carbocycles. The predicted molar refractivity (Wildman–Crippen MR) is 108 cm³/mol. The smallest absolute Gasteiger partial charge is 0.233 e. The van der Waals surface area contributed by atoms with Crippen LogP contribution in [0, 0.1) is 0 Å². The van der Waals surface area contributed by atoms with Gasteiger partial charge in [0.05, 0.1) is 0 Å². The fourth-order valence-electron chi connectivity index (χ4n) is 2.50. The second kappa shape index (κ2) is 8.49.